The van der Waals surface area contributed by atoms with Crippen LogP contribution in [0.1, 0.15) is 28.8 Å². The predicted octanol–water partition coefficient (Wildman–Crippen LogP) is 3.92. The van der Waals surface area contributed by atoms with E-state index < -0.39 is 0 Å². The maximum Gasteiger partial charge on any atom is 0.251 e. The first-order chi connectivity index (χ1) is 10.1. The Bertz CT molecular complexity index is 613. The molecule has 0 aliphatic heterocycles. The maximum atomic E-state index is 11.7. The summed E-state index contributed by atoms with van der Waals surface area (Å²) in [5, 5.41) is 6.54. The third-order valence-electron chi connectivity index (χ3n) is 3.42. The summed E-state index contributed by atoms with van der Waals surface area (Å²) < 4.78 is 0. The molecular formula is C17H19ClN2O. The highest BCUT2D eigenvalue weighted by atomic mass is 35.5. The van der Waals surface area contributed by atoms with Crippen molar-refractivity contribution in [3.8, 4) is 0 Å². The number of hydrogen-bond acceptors (Lipinski definition) is 2. The highest BCUT2D eigenvalue weighted by Gasteiger charge is 2.09. The second kappa shape index (κ2) is 7.14. The zero-order valence-electron chi connectivity index (χ0n) is 12.2. The van der Waals surface area contributed by atoms with Crippen LogP contribution in [0.2, 0.25) is 5.02 Å². The van der Waals surface area contributed by atoms with Gasteiger partial charge in [-0.2, -0.15) is 0 Å². The van der Waals surface area contributed by atoms with E-state index in [9.17, 15) is 4.79 Å². The largest absolute Gasteiger partial charge is 0.383 e. The van der Waals surface area contributed by atoms with Gasteiger partial charge in [-0.15, -0.1) is 0 Å². The van der Waals surface area contributed by atoms with E-state index in [0.29, 0.717) is 16.5 Å². The van der Waals surface area contributed by atoms with Crippen molar-refractivity contribution in [2.75, 3.05) is 18.9 Å². The molecule has 0 fully saturated rings. The van der Waals surface area contributed by atoms with Gasteiger partial charge in [0.05, 0.1) is 10.7 Å². The van der Waals surface area contributed by atoms with Crippen LogP contribution in [0.15, 0.2) is 48.5 Å². The second-order valence-corrected chi connectivity index (χ2v) is 5.37. The first-order valence-corrected chi connectivity index (χ1v) is 7.30. The van der Waals surface area contributed by atoms with E-state index in [2.05, 4.69) is 29.7 Å². The number of nitrogens with one attached hydrogen (secondary N) is 2. The van der Waals surface area contributed by atoms with Crippen molar-refractivity contribution in [1.29, 1.82) is 0 Å². The Morgan fingerprint density at radius 3 is 2.57 bits per heavy atom. The third kappa shape index (κ3) is 3.99. The van der Waals surface area contributed by atoms with Crippen LogP contribution < -0.4 is 10.6 Å². The minimum Gasteiger partial charge on any atom is -0.383 e. The fraction of sp³-hybridized carbons (Fsp3) is 0.235. The van der Waals surface area contributed by atoms with Crippen LogP contribution in [0.4, 0.5) is 5.69 Å². The molecule has 0 aromatic heterocycles. The smallest absolute Gasteiger partial charge is 0.251 e. The summed E-state index contributed by atoms with van der Waals surface area (Å²) in [7, 11) is 1.61. The normalized spacial score (nSPS) is 11.8. The van der Waals surface area contributed by atoms with Gasteiger partial charge in [0.1, 0.15) is 0 Å². The lowest BCUT2D eigenvalue weighted by Gasteiger charge is -2.15. The Hall–Kier alpha value is -2.00. The molecule has 3 nitrogen and oxygen atoms in total. The Morgan fingerprint density at radius 1 is 1.19 bits per heavy atom. The predicted molar refractivity (Wildman–Crippen MR) is 88.2 cm³/mol. The summed E-state index contributed by atoms with van der Waals surface area (Å²) in [4.78, 5) is 11.7. The van der Waals surface area contributed by atoms with E-state index in [1.807, 2.05) is 18.2 Å². The molecule has 2 aromatic carbocycles. The Balaban J connectivity index is 2.07. The highest BCUT2D eigenvalue weighted by Crippen LogP contribution is 2.24. The van der Waals surface area contributed by atoms with Gasteiger partial charge in [0.2, 0.25) is 0 Å². The SMILES string of the molecule is CNC(=O)c1ccc(Cl)c(NCC(C)c2ccccc2)c1. The molecule has 1 amide bonds. The Labute approximate surface area is 130 Å². The highest BCUT2D eigenvalue weighted by molar-refractivity contribution is 6.33. The Morgan fingerprint density at radius 2 is 1.90 bits per heavy atom. The number of carbonyl (C=O) groups is 1. The molecule has 1 unspecified atom stereocenters. The molecule has 1 atom stereocenters. The molecule has 2 aromatic rings. The molecule has 4 heteroatoms. The first kappa shape index (κ1) is 15.4. The summed E-state index contributed by atoms with van der Waals surface area (Å²) in [6, 6.07) is 15.5. The molecule has 0 aliphatic carbocycles. The van der Waals surface area contributed by atoms with Crippen LogP contribution in [0.25, 0.3) is 0 Å². The average Bonchev–Trinajstić information content (AvgIpc) is 2.53. The van der Waals surface area contributed by atoms with Crippen molar-refractivity contribution < 1.29 is 4.79 Å². The van der Waals surface area contributed by atoms with Crippen molar-refractivity contribution in [1.82, 2.24) is 5.32 Å². The lowest BCUT2D eigenvalue weighted by molar-refractivity contribution is 0.0963. The monoisotopic (exact) mass is 302 g/mol. The van der Waals surface area contributed by atoms with E-state index in [1.54, 1.807) is 25.2 Å². The number of rotatable bonds is 5. The van der Waals surface area contributed by atoms with Gasteiger partial charge < -0.3 is 10.6 Å². The number of amides is 1. The number of anilines is 1. The minimum absolute atomic E-state index is 0.120. The van der Waals surface area contributed by atoms with Crippen molar-refractivity contribution in [3.63, 3.8) is 0 Å². The molecule has 2 rings (SSSR count). The molecule has 2 N–H and O–H groups in total. The van der Waals surface area contributed by atoms with Crippen LogP contribution in [-0.4, -0.2) is 19.5 Å². The minimum atomic E-state index is -0.120. The van der Waals surface area contributed by atoms with Gasteiger partial charge in [-0.05, 0) is 29.7 Å². The lowest BCUT2D eigenvalue weighted by Crippen LogP contribution is -2.18. The quantitative estimate of drug-likeness (QED) is 0.879. The second-order valence-electron chi connectivity index (χ2n) is 4.97. The van der Waals surface area contributed by atoms with Crippen LogP contribution >= 0.6 is 11.6 Å². The standard InChI is InChI=1S/C17H19ClN2O/c1-12(13-6-4-3-5-7-13)11-20-16-10-14(17(21)19-2)8-9-15(16)18/h3-10,12,20H,11H2,1-2H3,(H,19,21). The fourth-order valence-corrected chi connectivity index (χ4v) is 2.29. The molecule has 0 bridgehead atoms. The van der Waals surface area contributed by atoms with E-state index in [4.69, 9.17) is 11.6 Å². The maximum absolute atomic E-state index is 11.7. The van der Waals surface area contributed by atoms with Gasteiger partial charge in [-0.3, -0.25) is 4.79 Å². The summed E-state index contributed by atoms with van der Waals surface area (Å²) >= 11 is 6.18. The summed E-state index contributed by atoms with van der Waals surface area (Å²) in [5.41, 5.74) is 2.64. The van der Waals surface area contributed by atoms with E-state index >= 15 is 0 Å². The van der Waals surface area contributed by atoms with Crippen molar-refractivity contribution in [3.05, 3.63) is 64.7 Å². The van der Waals surface area contributed by atoms with Gasteiger partial charge in [0.25, 0.3) is 5.91 Å². The number of hydrogen-bond donors (Lipinski definition) is 2. The zero-order valence-corrected chi connectivity index (χ0v) is 12.9. The van der Waals surface area contributed by atoms with Crippen molar-refractivity contribution in [2.24, 2.45) is 0 Å². The average molecular weight is 303 g/mol. The third-order valence-corrected chi connectivity index (χ3v) is 3.75. The summed E-state index contributed by atoms with van der Waals surface area (Å²) in [6.07, 6.45) is 0. The van der Waals surface area contributed by atoms with Gasteiger partial charge in [0.15, 0.2) is 0 Å². The van der Waals surface area contributed by atoms with Crippen LogP contribution in [0.3, 0.4) is 0 Å². The molecular weight excluding hydrogens is 284 g/mol. The summed E-state index contributed by atoms with van der Waals surface area (Å²) in [6.45, 7) is 2.90. The number of halogens is 1. The molecule has 21 heavy (non-hydrogen) atoms. The number of carbonyl (C=O) groups excluding carboxylic acids is 1. The zero-order chi connectivity index (χ0) is 15.2. The Kier molecular flexibility index (Phi) is 5.23. The fourth-order valence-electron chi connectivity index (χ4n) is 2.11. The number of benzene rings is 2. The van der Waals surface area contributed by atoms with Crippen molar-refractivity contribution >= 4 is 23.2 Å². The summed E-state index contributed by atoms with van der Waals surface area (Å²) in [5.74, 6) is 0.233. The molecule has 0 radical (unpaired) electrons. The molecule has 0 saturated heterocycles. The van der Waals surface area contributed by atoms with Gasteiger partial charge in [0, 0.05) is 19.2 Å². The molecule has 110 valence electrons. The van der Waals surface area contributed by atoms with Crippen LogP contribution in [0, 0.1) is 0 Å². The lowest BCUT2D eigenvalue weighted by atomic mass is 10.0. The van der Waals surface area contributed by atoms with E-state index in [0.717, 1.165) is 12.2 Å². The van der Waals surface area contributed by atoms with E-state index in [1.165, 1.54) is 5.56 Å². The van der Waals surface area contributed by atoms with Gasteiger partial charge in [-0.1, -0.05) is 48.9 Å². The molecule has 0 saturated carbocycles. The topological polar surface area (TPSA) is 41.1 Å². The van der Waals surface area contributed by atoms with Crippen molar-refractivity contribution in [2.45, 2.75) is 12.8 Å². The van der Waals surface area contributed by atoms with Gasteiger partial charge in [-0.25, -0.2) is 0 Å². The van der Waals surface area contributed by atoms with Crippen LogP contribution in [0.5, 0.6) is 0 Å². The van der Waals surface area contributed by atoms with Gasteiger partial charge >= 0.3 is 0 Å². The molecule has 0 aliphatic rings. The molecule has 0 spiro atoms. The molecule has 0 heterocycles. The first-order valence-electron chi connectivity index (χ1n) is 6.92. The van der Waals surface area contributed by atoms with Crippen LogP contribution in [-0.2, 0) is 0 Å². The van der Waals surface area contributed by atoms with E-state index in [-0.39, 0.29) is 5.91 Å².